The number of ketones is 1. The van der Waals surface area contributed by atoms with E-state index in [9.17, 15) is 22.8 Å². The molecule has 1 saturated heterocycles. The highest BCUT2D eigenvalue weighted by atomic mass is 32.1. The quantitative estimate of drug-likeness (QED) is 0.449. The summed E-state index contributed by atoms with van der Waals surface area (Å²) in [6, 6.07) is 7.02. The Bertz CT molecular complexity index is 1240. The molecule has 0 atom stereocenters. The van der Waals surface area contributed by atoms with E-state index in [1.807, 2.05) is 17.9 Å². The van der Waals surface area contributed by atoms with Gasteiger partial charge in [-0.25, -0.2) is 0 Å². The predicted octanol–water partition coefficient (Wildman–Crippen LogP) is 3.50. The molecule has 4 rings (SSSR count). The number of amides is 1. The van der Waals surface area contributed by atoms with Crippen LogP contribution in [-0.2, 0) is 16.0 Å². The first-order valence-corrected chi connectivity index (χ1v) is 11.8. The number of alkyl halides is 3. The third-order valence-electron chi connectivity index (χ3n) is 5.29. The van der Waals surface area contributed by atoms with Gasteiger partial charge in [0, 0.05) is 36.1 Å². The molecule has 0 spiro atoms. The minimum Gasteiger partial charge on any atom is -0.404 e. The number of aromatic nitrogens is 3. The Morgan fingerprint density at radius 2 is 1.97 bits per heavy atom. The molecular formula is C23H22F3N5O4S. The van der Waals surface area contributed by atoms with Gasteiger partial charge in [-0.1, -0.05) is 11.3 Å². The number of ether oxygens (including phenoxy) is 2. The fourth-order valence-electron chi connectivity index (χ4n) is 3.55. The predicted molar refractivity (Wildman–Crippen MR) is 125 cm³/mol. The van der Waals surface area contributed by atoms with E-state index in [1.54, 1.807) is 12.3 Å². The topological polar surface area (TPSA) is 107 Å². The van der Waals surface area contributed by atoms with Gasteiger partial charge < -0.3 is 14.8 Å². The molecule has 1 amide bonds. The van der Waals surface area contributed by atoms with Crippen LogP contribution in [0, 0.1) is 6.92 Å². The van der Waals surface area contributed by atoms with Gasteiger partial charge in [0.15, 0.2) is 11.5 Å². The summed E-state index contributed by atoms with van der Waals surface area (Å²) in [4.78, 5) is 31.4. The molecule has 13 heteroatoms. The number of morpholine rings is 1. The smallest absolute Gasteiger partial charge is 0.404 e. The molecule has 3 aromatic rings. The summed E-state index contributed by atoms with van der Waals surface area (Å²) < 4.78 is 48.0. The van der Waals surface area contributed by atoms with Crippen LogP contribution in [0.1, 0.15) is 21.1 Å². The second kappa shape index (κ2) is 11.1. The highest BCUT2D eigenvalue weighted by Gasteiger charge is 2.32. The molecule has 0 radical (unpaired) electrons. The van der Waals surface area contributed by atoms with Crippen molar-refractivity contribution in [2.45, 2.75) is 19.7 Å². The highest BCUT2D eigenvalue weighted by Crippen LogP contribution is 2.32. The maximum atomic E-state index is 12.9. The number of rotatable bonds is 8. The lowest BCUT2D eigenvalue weighted by molar-refractivity contribution is -0.274. The Hall–Kier alpha value is -3.42. The van der Waals surface area contributed by atoms with Crippen LogP contribution in [0.3, 0.4) is 0 Å². The van der Waals surface area contributed by atoms with Crippen molar-refractivity contribution in [3.05, 3.63) is 52.8 Å². The Morgan fingerprint density at radius 3 is 2.69 bits per heavy atom. The van der Waals surface area contributed by atoms with Gasteiger partial charge in [-0.2, -0.15) is 0 Å². The summed E-state index contributed by atoms with van der Waals surface area (Å²) >= 11 is 1.23. The van der Waals surface area contributed by atoms with Gasteiger partial charge in [0.2, 0.25) is 5.91 Å². The zero-order valence-corrected chi connectivity index (χ0v) is 20.0. The van der Waals surface area contributed by atoms with Crippen molar-refractivity contribution in [3.63, 3.8) is 0 Å². The number of nitrogens with zero attached hydrogens (tertiary/aromatic N) is 4. The Balaban J connectivity index is 1.50. The van der Waals surface area contributed by atoms with Crippen LogP contribution in [-0.4, -0.2) is 71.0 Å². The molecule has 0 unspecified atom stereocenters. The first-order valence-electron chi connectivity index (χ1n) is 11.0. The Morgan fingerprint density at radius 1 is 1.19 bits per heavy atom. The summed E-state index contributed by atoms with van der Waals surface area (Å²) in [7, 11) is 0. The number of benzene rings is 1. The molecule has 190 valence electrons. The van der Waals surface area contributed by atoms with Gasteiger partial charge in [0.05, 0.1) is 31.9 Å². The number of anilines is 1. The van der Waals surface area contributed by atoms with Crippen LogP contribution in [0.15, 0.2) is 36.5 Å². The van der Waals surface area contributed by atoms with Crippen molar-refractivity contribution in [1.29, 1.82) is 0 Å². The van der Waals surface area contributed by atoms with Gasteiger partial charge in [0.25, 0.3) is 0 Å². The van der Waals surface area contributed by atoms with Gasteiger partial charge >= 0.3 is 6.36 Å². The second-order valence-electron chi connectivity index (χ2n) is 7.93. The summed E-state index contributed by atoms with van der Waals surface area (Å²) in [5.74, 6) is -1.54. The van der Waals surface area contributed by atoms with Crippen LogP contribution in [0.4, 0.5) is 18.9 Å². The molecular weight excluding hydrogens is 499 g/mol. The molecule has 1 fully saturated rings. The summed E-state index contributed by atoms with van der Waals surface area (Å²) in [5, 5.41) is 11.7. The minimum absolute atomic E-state index is 0.0334. The maximum absolute atomic E-state index is 12.9. The van der Waals surface area contributed by atoms with E-state index in [0.29, 0.717) is 36.3 Å². The number of carbonyl (C=O) groups excluding carboxylic acids is 2. The number of halogens is 3. The number of aryl methyl sites for hydroxylation is 1. The van der Waals surface area contributed by atoms with E-state index in [4.69, 9.17) is 4.74 Å². The number of nitrogens with one attached hydrogen (secondary N) is 1. The average molecular weight is 522 g/mol. The largest absolute Gasteiger partial charge is 0.573 e. The standard InChI is InChI=1S/C23H22F3N5O4S/c1-14-16(3-2-6-27-14)22-30-29-21(36-22)12-18(32)15-4-5-19(35-23(24,25)26)17(11-15)28-20(33)13-31-7-9-34-10-8-31/h2-6,11H,7-10,12-13H2,1H3,(H,28,33). The van der Waals surface area contributed by atoms with Crippen molar-refractivity contribution >= 4 is 28.7 Å². The van der Waals surface area contributed by atoms with Crippen LogP contribution in [0.25, 0.3) is 10.6 Å². The van der Waals surface area contributed by atoms with Gasteiger partial charge in [-0.15, -0.1) is 23.4 Å². The maximum Gasteiger partial charge on any atom is 0.573 e. The fraction of sp³-hybridized carbons (Fsp3) is 0.348. The van der Waals surface area contributed by atoms with Crippen LogP contribution < -0.4 is 10.1 Å². The van der Waals surface area contributed by atoms with Gasteiger partial charge in [-0.3, -0.25) is 19.5 Å². The van der Waals surface area contributed by atoms with E-state index < -0.39 is 23.8 Å². The number of pyridine rings is 1. The third kappa shape index (κ3) is 6.83. The van der Waals surface area contributed by atoms with Crippen LogP contribution >= 0.6 is 11.3 Å². The Kier molecular flexibility index (Phi) is 7.91. The lowest BCUT2D eigenvalue weighted by atomic mass is 10.1. The lowest BCUT2D eigenvalue weighted by Crippen LogP contribution is -2.41. The molecule has 0 saturated carbocycles. The van der Waals surface area contributed by atoms with Crippen molar-refractivity contribution in [1.82, 2.24) is 20.1 Å². The number of Topliss-reactive ketones (excluding diaryl/α,β-unsaturated/α-hetero) is 1. The minimum atomic E-state index is -4.97. The van der Waals surface area contributed by atoms with Gasteiger partial charge in [-0.05, 0) is 37.3 Å². The van der Waals surface area contributed by atoms with Crippen LogP contribution in [0.5, 0.6) is 5.75 Å². The molecule has 2 aromatic heterocycles. The molecule has 1 aromatic carbocycles. The fourth-order valence-corrected chi connectivity index (χ4v) is 4.47. The first-order chi connectivity index (χ1) is 17.2. The van der Waals surface area contributed by atoms with E-state index >= 15 is 0 Å². The van der Waals surface area contributed by atoms with Crippen molar-refractivity contribution in [2.75, 3.05) is 38.2 Å². The average Bonchev–Trinajstić information content (AvgIpc) is 3.28. The normalized spacial score (nSPS) is 14.4. The number of hydrogen-bond donors (Lipinski definition) is 1. The molecule has 1 aliphatic heterocycles. The molecule has 0 bridgehead atoms. The molecule has 36 heavy (non-hydrogen) atoms. The highest BCUT2D eigenvalue weighted by molar-refractivity contribution is 7.14. The van der Waals surface area contributed by atoms with Gasteiger partial charge in [0.1, 0.15) is 10.0 Å². The Labute approximate surface area is 208 Å². The van der Waals surface area contributed by atoms with E-state index in [0.717, 1.165) is 17.3 Å². The van der Waals surface area contributed by atoms with Crippen LogP contribution in [0.2, 0.25) is 0 Å². The zero-order chi connectivity index (χ0) is 25.7. The monoisotopic (exact) mass is 521 g/mol. The molecule has 0 aliphatic carbocycles. The molecule has 3 heterocycles. The van der Waals surface area contributed by atoms with Crippen molar-refractivity contribution < 1.29 is 32.2 Å². The van der Waals surface area contributed by atoms with Crippen molar-refractivity contribution in [2.24, 2.45) is 0 Å². The summed E-state index contributed by atoms with van der Waals surface area (Å²) in [5.41, 5.74) is 1.41. The summed E-state index contributed by atoms with van der Waals surface area (Å²) in [6.45, 7) is 3.79. The molecule has 1 N–H and O–H groups in total. The SMILES string of the molecule is Cc1ncccc1-c1nnc(CC(=O)c2ccc(OC(F)(F)F)c(NC(=O)CN3CCOCC3)c2)s1. The zero-order valence-electron chi connectivity index (χ0n) is 19.2. The first kappa shape index (κ1) is 25.7. The summed E-state index contributed by atoms with van der Waals surface area (Å²) in [6.07, 6.45) is -3.42. The third-order valence-corrected chi connectivity index (χ3v) is 6.24. The van der Waals surface area contributed by atoms with Crippen molar-refractivity contribution in [3.8, 4) is 16.3 Å². The molecule has 9 nitrogen and oxygen atoms in total. The number of hydrogen-bond acceptors (Lipinski definition) is 9. The number of carbonyl (C=O) groups is 2. The van der Waals surface area contributed by atoms with E-state index in [2.05, 4.69) is 25.2 Å². The lowest BCUT2D eigenvalue weighted by Gasteiger charge is -2.26. The van der Waals surface area contributed by atoms with E-state index in [1.165, 1.54) is 23.5 Å². The van der Waals surface area contributed by atoms with E-state index in [-0.39, 0.29) is 24.2 Å². The second-order valence-corrected chi connectivity index (χ2v) is 8.99. The molecule has 1 aliphatic rings.